The number of aliphatic hydroxyl groups is 1. The number of carbonyl (C=O) groups is 2. The molecule has 13 heavy (non-hydrogen) atoms. The van der Waals surface area contributed by atoms with Crippen molar-refractivity contribution in [3.8, 4) is 0 Å². The molecule has 0 bridgehead atoms. The van der Waals surface area contributed by atoms with E-state index in [1.807, 2.05) is 6.92 Å². The van der Waals surface area contributed by atoms with E-state index < -0.39 is 6.04 Å². The Morgan fingerprint density at radius 1 is 1.62 bits per heavy atom. The Hall–Kier alpha value is -1.10. The number of nitrogens with one attached hydrogen (secondary N) is 1. The Morgan fingerprint density at radius 2 is 2.23 bits per heavy atom. The highest BCUT2D eigenvalue weighted by molar-refractivity contribution is 6.04. The number of rotatable bonds is 3. The largest absolute Gasteiger partial charge is 0.396 e. The molecule has 3 amide bonds. The molecule has 1 aliphatic heterocycles. The monoisotopic (exact) mass is 186 g/mol. The van der Waals surface area contributed by atoms with Gasteiger partial charge in [0.25, 0.3) is 5.91 Å². The molecule has 0 aliphatic carbocycles. The summed E-state index contributed by atoms with van der Waals surface area (Å²) in [6.07, 6.45) is 0.491. The van der Waals surface area contributed by atoms with Crippen molar-refractivity contribution in [1.82, 2.24) is 10.2 Å². The van der Waals surface area contributed by atoms with Crippen LogP contribution in [0.25, 0.3) is 0 Å². The van der Waals surface area contributed by atoms with Crippen LogP contribution < -0.4 is 5.32 Å². The van der Waals surface area contributed by atoms with Crippen molar-refractivity contribution in [3.63, 3.8) is 0 Å². The van der Waals surface area contributed by atoms with Crippen LogP contribution in [-0.4, -0.2) is 40.6 Å². The van der Waals surface area contributed by atoms with Gasteiger partial charge in [-0.15, -0.1) is 0 Å². The summed E-state index contributed by atoms with van der Waals surface area (Å²) in [6, 6.07) is -0.890. The van der Waals surface area contributed by atoms with E-state index >= 15 is 0 Å². The summed E-state index contributed by atoms with van der Waals surface area (Å²) < 4.78 is 0. The van der Waals surface area contributed by atoms with Crippen LogP contribution in [0.15, 0.2) is 0 Å². The minimum absolute atomic E-state index is 0.0197. The van der Waals surface area contributed by atoms with E-state index in [1.54, 1.807) is 6.92 Å². The Labute approximate surface area is 76.7 Å². The lowest BCUT2D eigenvalue weighted by Gasteiger charge is -2.25. The van der Waals surface area contributed by atoms with E-state index in [-0.39, 0.29) is 24.6 Å². The van der Waals surface area contributed by atoms with E-state index in [9.17, 15) is 9.59 Å². The summed E-state index contributed by atoms with van der Waals surface area (Å²) in [5.41, 5.74) is 0. The second-order valence-corrected chi connectivity index (χ2v) is 3.24. The zero-order valence-electron chi connectivity index (χ0n) is 7.78. The maximum atomic E-state index is 11.2. The molecule has 2 atom stereocenters. The minimum atomic E-state index is -0.422. The molecule has 0 radical (unpaired) electrons. The van der Waals surface area contributed by atoms with Crippen LogP contribution in [-0.2, 0) is 4.79 Å². The van der Waals surface area contributed by atoms with Crippen molar-refractivity contribution >= 4 is 11.9 Å². The van der Waals surface area contributed by atoms with Gasteiger partial charge in [0.15, 0.2) is 0 Å². The average molecular weight is 186 g/mol. The highest BCUT2D eigenvalue weighted by atomic mass is 16.3. The fourth-order valence-corrected chi connectivity index (χ4v) is 1.48. The van der Waals surface area contributed by atoms with Crippen molar-refractivity contribution < 1.29 is 14.7 Å². The number of urea groups is 1. The number of amides is 3. The van der Waals surface area contributed by atoms with Gasteiger partial charge in [-0.25, -0.2) is 4.79 Å². The first kappa shape index (κ1) is 9.98. The maximum Gasteiger partial charge on any atom is 0.325 e. The molecule has 0 spiro atoms. The summed E-state index contributed by atoms with van der Waals surface area (Å²) in [5.74, 6) is -0.269. The highest BCUT2D eigenvalue weighted by Gasteiger charge is 2.37. The van der Waals surface area contributed by atoms with Gasteiger partial charge in [-0.2, -0.15) is 0 Å². The molecule has 2 N–H and O–H groups in total. The molecule has 1 rings (SSSR count). The predicted octanol–water partition coefficient (Wildman–Crippen LogP) is -0.302. The zero-order chi connectivity index (χ0) is 10.0. The van der Waals surface area contributed by atoms with E-state index in [1.165, 1.54) is 4.90 Å². The van der Waals surface area contributed by atoms with Crippen LogP contribution >= 0.6 is 0 Å². The zero-order valence-corrected chi connectivity index (χ0v) is 7.78. The fraction of sp³-hybridized carbons (Fsp3) is 0.750. The minimum Gasteiger partial charge on any atom is -0.396 e. The average Bonchev–Trinajstić information content (AvgIpc) is 2.27. The number of carbonyl (C=O) groups excluding carboxylic acids is 2. The molecule has 1 aliphatic rings. The molecule has 2 unspecified atom stereocenters. The first-order valence-corrected chi connectivity index (χ1v) is 4.32. The molecule has 74 valence electrons. The third kappa shape index (κ3) is 1.80. The van der Waals surface area contributed by atoms with Gasteiger partial charge in [0.2, 0.25) is 0 Å². The Balaban J connectivity index is 2.67. The lowest BCUT2D eigenvalue weighted by molar-refractivity contribution is -0.121. The van der Waals surface area contributed by atoms with Crippen LogP contribution in [0.1, 0.15) is 20.3 Å². The second kappa shape index (κ2) is 3.74. The van der Waals surface area contributed by atoms with E-state index in [4.69, 9.17) is 5.11 Å². The molecule has 0 aromatic heterocycles. The van der Waals surface area contributed by atoms with Gasteiger partial charge in [0.1, 0.15) is 6.04 Å². The molecular formula is C8H14N2O3. The molecule has 0 aromatic carbocycles. The van der Waals surface area contributed by atoms with E-state index in [0.29, 0.717) is 6.42 Å². The van der Waals surface area contributed by atoms with Crippen LogP contribution in [0.5, 0.6) is 0 Å². The molecule has 0 saturated carbocycles. The van der Waals surface area contributed by atoms with Gasteiger partial charge in [-0.05, 0) is 20.3 Å². The normalized spacial score (nSPS) is 24.8. The quantitative estimate of drug-likeness (QED) is 0.594. The van der Waals surface area contributed by atoms with Crippen molar-refractivity contribution in [2.45, 2.75) is 32.4 Å². The van der Waals surface area contributed by atoms with Crippen molar-refractivity contribution in [1.29, 1.82) is 0 Å². The fourth-order valence-electron chi connectivity index (χ4n) is 1.48. The van der Waals surface area contributed by atoms with Gasteiger partial charge >= 0.3 is 6.03 Å². The molecular weight excluding hydrogens is 172 g/mol. The Morgan fingerprint density at radius 3 is 2.62 bits per heavy atom. The Bertz CT molecular complexity index is 229. The molecule has 1 saturated heterocycles. The Kier molecular flexibility index (Phi) is 2.87. The van der Waals surface area contributed by atoms with Crippen LogP contribution in [0.4, 0.5) is 4.79 Å². The molecule has 5 nitrogen and oxygen atoms in total. The molecule has 0 aromatic rings. The van der Waals surface area contributed by atoms with Crippen molar-refractivity contribution in [2.24, 2.45) is 0 Å². The first-order chi connectivity index (χ1) is 6.07. The molecule has 1 heterocycles. The van der Waals surface area contributed by atoms with Crippen LogP contribution in [0.2, 0.25) is 0 Å². The van der Waals surface area contributed by atoms with Gasteiger partial charge < -0.3 is 10.0 Å². The second-order valence-electron chi connectivity index (χ2n) is 3.24. The standard InChI is InChI=1S/C8H14N2O3/c1-5(3-4-11)10-6(2)7(12)9-8(10)13/h5-6,11H,3-4H2,1-2H3,(H,9,12,13). The van der Waals surface area contributed by atoms with E-state index in [0.717, 1.165) is 0 Å². The lowest BCUT2D eigenvalue weighted by Crippen LogP contribution is -2.40. The smallest absolute Gasteiger partial charge is 0.325 e. The summed E-state index contributed by atoms with van der Waals surface area (Å²) in [7, 11) is 0. The van der Waals surface area contributed by atoms with Crippen molar-refractivity contribution in [3.05, 3.63) is 0 Å². The van der Waals surface area contributed by atoms with E-state index in [2.05, 4.69) is 5.32 Å². The van der Waals surface area contributed by atoms with Gasteiger partial charge in [-0.1, -0.05) is 0 Å². The van der Waals surface area contributed by atoms with Crippen LogP contribution in [0.3, 0.4) is 0 Å². The molecule has 5 heteroatoms. The summed E-state index contributed by atoms with van der Waals surface area (Å²) in [4.78, 5) is 23.7. The van der Waals surface area contributed by atoms with Gasteiger partial charge in [0.05, 0.1) is 0 Å². The predicted molar refractivity (Wildman–Crippen MR) is 46.0 cm³/mol. The summed E-state index contributed by atoms with van der Waals surface area (Å²) in [5, 5.41) is 10.9. The first-order valence-electron chi connectivity index (χ1n) is 4.32. The maximum absolute atomic E-state index is 11.2. The SMILES string of the molecule is CC(CCO)N1C(=O)NC(=O)C1C. The third-order valence-corrected chi connectivity index (χ3v) is 2.28. The molecule has 1 fully saturated rings. The summed E-state index contributed by atoms with van der Waals surface area (Å²) in [6.45, 7) is 3.50. The number of imide groups is 1. The number of aliphatic hydroxyl groups excluding tert-OH is 1. The summed E-state index contributed by atoms with van der Waals surface area (Å²) >= 11 is 0. The number of nitrogens with zero attached hydrogens (tertiary/aromatic N) is 1. The number of hydrogen-bond acceptors (Lipinski definition) is 3. The number of hydrogen-bond donors (Lipinski definition) is 2. The highest BCUT2D eigenvalue weighted by Crippen LogP contribution is 2.14. The lowest BCUT2D eigenvalue weighted by atomic mass is 10.2. The third-order valence-electron chi connectivity index (χ3n) is 2.28. The van der Waals surface area contributed by atoms with Gasteiger partial charge in [0, 0.05) is 12.6 Å². The van der Waals surface area contributed by atoms with Crippen LogP contribution in [0, 0.1) is 0 Å². The topological polar surface area (TPSA) is 69.6 Å². The van der Waals surface area contributed by atoms with Gasteiger partial charge in [-0.3, -0.25) is 10.1 Å². The van der Waals surface area contributed by atoms with Crippen molar-refractivity contribution in [2.75, 3.05) is 6.61 Å².